The van der Waals surface area contributed by atoms with Gasteiger partial charge in [0.1, 0.15) is 17.2 Å². The Kier molecular flexibility index (Phi) is 6.28. The molecule has 1 unspecified atom stereocenters. The molecule has 1 aliphatic rings. The SMILES string of the molecule is C=CC(=O)N1CCCC(n2cc(C(N)=O)c(-c3ccc(Oc4ccccc4)c(Cl)c3)n2)C1. The van der Waals surface area contributed by atoms with Crippen LogP contribution in [0.4, 0.5) is 0 Å². The van der Waals surface area contributed by atoms with E-state index in [-0.39, 0.29) is 11.9 Å². The molecule has 1 fully saturated rings. The number of amides is 2. The molecule has 2 aromatic carbocycles. The van der Waals surface area contributed by atoms with Crippen LogP contribution in [0.1, 0.15) is 29.2 Å². The molecule has 32 heavy (non-hydrogen) atoms. The second-order valence-electron chi connectivity index (χ2n) is 7.58. The number of hydrogen-bond acceptors (Lipinski definition) is 4. The molecule has 2 amide bonds. The highest BCUT2D eigenvalue weighted by Gasteiger charge is 2.26. The Morgan fingerprint density at radius 1 is 1.22 bits per heavy atom. The van der Waals surface area contributed by atoms with Crippen molar-refractivity contribution in [3.8, 4) is 22.8 Å². The fraction of sp³-hybridized carbons (Fsp3) is 0.208. The fourth-order valence-corrected chi connectivity index (χ4v) is 4.04. The molecule has 1 saturated heterocycles. The molecule has 4 rings (SSSR count). The molecule has 1 aromatic heterocycles. The number of rotatable bonds is 6. The molecule has 8 heteroatoms. The van der Waals surface area contributed by atoms with Crippen LogP contribution in [-0.4, -0.2) is 39.6 Å². The van der Waals surface area contributed by atoms with Gasteiger partial charge in [0.15, 0.2) is 0 Å². The van der Waals surface area contributed by atoms with Crippen molar-refractivity contribution in [2.24, 2.45) is 5.73 Å². The fourth-order valence-electron chi connectivity index (χ4n) is 3.82. The topological polar surface area (TPSA) is 90.5 Å². The summed E-state index contributed by atoms with van der Waals surface area (Å²) in [5.74, 6) is 0.465. The molecular weight excluding hydrogens is 428 g/mol. The smallest absolute Gasteiger partial charge is 0.252 e. The molecule has 0 aliphatic carbocycles. The number of para-hydroxylation sites is 1. The number of nitrogens with zero attached hydrogens (tertiary/aromatic N) is 3. The van der Waals surface area contributed by atoms with E-state index in [9.17, 15) is 9.59 Å². The van der Waals surface area contributed by atoms with Crippen LogP contribution in [0.25, 0.3) is 11.3 Å². The Morgan fingerprint density at radius 3 is 2.69 bits per heavy atom. The number of piperidine rings is 1. The van der Waals surface area contributed by atoms with Gasteiger partial charge in [-0.1, -0.05) is 36.4 Å². The van der Waals surface area contributed by atoms with Crippen molar-refractivity contribution in [1.82, 2.24) is 14.7 Å². The summed E-state index contributed by atoms with van der Waals surface area (Å²) in [7, 11) is 0. The zero-order valence-electron chi connectivity index (χ0n) is 17.4. The van der Waals surface area contributed by atoms with E-state index in [0.717, 1.165) is 12.8 Å². The molecule has 0 saturated carbocycles. The van der Waals surface area contributed by atoms with Crippen LogP contribution in [0.5, 0.6) is 11.5 Å². The second kappa shape index (κ2) is 9.28. The van der Waals surface area contributed by atoms with Gasteiger partial charge in [0.25, 0.3) is 5.91 Å². The Hall–Kier alpha value is -3.58. The minimum Gasteiger partial charge on any atom is -0.456 e. The number of carbonyl (C=O) groups excluding carboxylic acids is 2. The Bertz CT molecular complexity index is 1160. The first-order valence-electron chi connectivity index (χ1n) is 10.3. The van der Waals surface area contributed by atoms with Crippen molar-refractivity contribution >= 4 is 23.4 Å². The van der Waals surface area contributed by atoms with Crippen LogP contribution in [0, 0.1) is 0 Å². The normalized spacial score (nSPS) is 15.9. The standard InChI is InChI=1S/C24H23ClN4O3/c1-2-22(30)28-12-6-7-17(14-28)29-15-19(24(26)31)23(27-29)16-10-11-21(20(25)13-16)32-18-8-4-3-5-9-18/h2-5,8-11,13,15,17H,1,6-7,12,14H2,(H2,26,31). The van der Waals surface area contributed by atoms with E-state index in [4.69, 9.17) is 22.1 Å². The number of likely N-dealkylation sites (tertiary alicyclic amines) is 1. The van der Waals surface area contributed by atoms with Crippen molar-refractivity contribution in [3.05, 3.63) is 78.0 Å². The predicted molar refractivity (Wildman–Crippen MR) is 123 cm³/mol. The summed E-state index contributed by atoms with van der Waals surface area (Å²) >= 11 is 6.46. The summed E-state index contributed by atoms with van der Waals surface area (Å²) in [6, 6.07) is 14.5. The van der Waals surface area contributed by atoms with Crippen LogP contribution in [0.2, 0.25) is 5.02 Å². The molecule has 164 valence electrons. The van der Waals surface area contributed by atoms with Gasteiger partial charge < -0.3 is 15.4 Å². The minimum atomic E-state index is -0.582. The van der Waals surface area contributed by atoms with Crippen molar-refractivity contribution < 1.29 is 14.3 Å². The van der Waals surface area contributed by atoms with Crippen molar-refractivity contribution in [3.63, 3.8) is 0 Å². The number of ether oxygens (including phenoxy) is 1. The van der Waals surface area contributed by atoms with E-state index in [0.29, 0.717) is 46.4 Å². The summed E-state index contributed by atoms with van der Waals surface area (Å²) in [5.41, 5.74) is 7.02. The highest BCUT2D eigenvalue weighted by atomic mass is 35.5. The van der Waals surface area contributed by atoms with E-state index >= 15 is 0 Å². The summed E-state index contributed by atoms with van der Waals surface area (Å²) < 4.78 is 7.55. The van der Waals surface area contributed by atoms with E-state index in [2.05, 4.69) is 11.7 Å². The molecule has 2 heterocycles. The van der Waals surface area contributed by atoms with Crippen LogP contribution in [0.3, 0.4) is 0 Å². The van der Waals surface area contributed by atoms with E-state index in [1.165, 1.54) is 6.08 Å². The minimum absolute atomic E-state index is 0.0596. The molecule has 7 nitrogen and oxygen atoms in total. The maximum Gasteiger partial charge on any atom is 0.252 e. The maximum atomic E-state index is 12.1. The zero-order chi connectivity index (χ0) is 22.7. The highest BCUT2D eigenvalue weighted by molar-refractivity contribution is 6.32. The number of hydrogen-bond donors (Lipinski definition) is 1. The Labute approximate surface area is 191 Å². The van der Waals surface area contributed by atoms with Gasteiger partial charge in [-0.05, 0) is 49.2 Å². The van der Waals surface area contributed by atoms with E-state index < -0.39 is 5.91 Å². The van der Waals surface area contributed by atoms with Crippen LogP contribution >= 0.6 is 11.6 Å². The predicted octanol–water partition coefficient (Wildman–Crippen LogP) is 4.44. The first-order valence-corrected chi connectivity index (χ1v) is 10.7. The lowest BCUT2D eigenvalue weighted by Crippen LogP contribution is -2.40. The van der Waals surface area contributed by atoms with Crippen molar-refractivity contribution in [1.29, 1.82) is 0 Å². The zero-order valence-corrected chi connectivity index (χ0v) is 18.2. The third-order valence-corrected chi connectivity index (χ3v) is 5.73. The number of halogens is 1. The number of carbonyl (C=O) groups is 2. The molecule has 0 spiro atoms. The lowest BCUT2D eigenvalue weighted by atomic mass is 10.1. The van der Waals surface area contributed by atoms with Gasteiger partial charge in [-0.25, -0.2) is 0 Å². The van der Waals surface area contributed by atoms with Gasteiger partial charge in [0, 0.05) is 24.8 Å². The molecule has 0 radical (unpaired) electrons. The van der Waals surface area contributed by atoms with Gasteiger partial charge in [-0.15, -0.1) is 0 Å². The van der Waals surface area contributed by atoms with Crippen molar-refractivity contribution in [2.45, 2.75) is 18.9 Å². The number of benzene rings is 2. The quantitative estimate of drug-likeness (QED) is 0.562. The summed E-state index contributed by atoms with van der Waals surface area (Å²) in [6.07, 6.45) is 4.63. The van der Waals surface area contributed by atoms with Gasteiger partial charge in [0.2, 0.25) is 5.91 Å². The lowest BCUT2D eigenvalue weighted by molar-refractivity contribution is -0.127. The monoisotopic (exact) mass is 450 g/mol. The number of aromatic nitrogens is 2. The van der Waals surface area contributed by atoms with Crippen LogP contribution < -0.4 is 10.5 Å². The van der Waals surface area contributed by atoms with Gasteiger partial charge in [-0.3, -0.25) is 14.3 Å². The average Bonchev–Trinajstić information content (AvgIpc) is 3.27. The molecule has 3 aromatic rings. The summed E-state index contributed by atoms with van der Waals surface area (Å²) in [5, 5.41) is 5.04. The van der Waals surface area contributed by atoms with Gasteiger partial charge in [-0.2, -0.15) is 5.10 Å². The molecule has 0 bridgehead atoms. The van der Waals surface area contributed by atoms with E-state index in [1.54, 1.807) is 34.0 Å². The van der Waals surface area contributed by atoms with Gasteiger partial charge in [0.05, 0.1) is 16.6 Å². The largest absolute Gasteiger partial charge is 0.456 e. The average molecular weight is 451 g/mol. The number of nitrogens with two attached hydrogens (primary N) is 1. The lowest BCUT2D eigenvalue weighted by Gasteiger charge is -2.32. The first kappa shape index (κ1) is 21.6. The number of primary amides is 1. The van der Waals surface area contributed by atoms with Crippen LogP contribution in [0.15, 0.2) is 67.4 Å². The summed E-state index contributed by atoms with van der Waals surface area (Å²) in [4.78, 5) is 25.9. The van der Waals surface area contributed by atoms with E-state index in [1.807, 2.05) is 30.3 Å². The molecular formula is C24H23ClN4O3. The Balaban J connectivity index is 1.63. The maximum absolute atomic E-state index is 12.1. The third kappa shape index (κ3) is 4.53. The molecule has 1 aliphatic heterocycles. The highest BCUT2D eigenvalue weighted by Crippen LogP contribution is 2.34. The summed E-state index contributed by atoms with van der Waals surface area (Å²) in [6.45, 7) is 4.73. The van der Waals surface area contributed by atoms with Crippen molar-refractivity contribution in [2.75, 3.05) is 13.1 Å². The third-order valence-electron chi connectivity index (χ3n) is 5.43. The first-order chi connectivity index (χ1) is 15.5. The van der Waals surface area contributed by atoms with Gasteiger partial charge >= 0.3 is 0 Å². The van der Waals surface area contributed by atoms with Crippen LogP contribution in [-0.2, 0) is 4.79 Å². The Morgan fingerprint density at radius 2 is 2.00 bits per heavy atom. The molecule has 2 N–H and O–H groups in total. The second-order valence-corrected chi connectivity index (χ2v) is 7.99. The molecule has 1 atom stereocenters.